The van der Waals surface area contributed by atoms with Gasteiger partial charge in [-0.3, -0.25) is 0 Å². The van der Waals surface area contributed by atoms with Crippen molar-refractivity contribution in [3.05, 3.63) is 11.9 Å². The van der Waals surface area contributed by atoms with Crippen LogP contribution in [-0.2, 0) is 11.3 Å². The van der Waals surface area contributed by atoms with Crippen LogP contribution in [0.4, 0.5) is 5.95 Å². The van der Waals surface area contributed by atoms with Gasteiger partial charge in [0, 0.05) is 25.9 Å². The Balaban J connectivity index is 2.27. The van der Waals surface area contributed by atoms with Gasteiger partial charge < -0.3 is 14.6 Å². The first-order chi connectivity index (χ1) is 8.77. The van der Waals surface area contributed by atoms with E-state index in [0.29, 0.717) is 0 Å². The van der Waals surface area contributed by atoms with E-state index in [1.165, 1.54) is 19.3 Å². The molecule has 1 aromatic rings. The minimum atomic E-state index is 0.750. The molecule has 0 saturated carbocycles. The van der Waals surface area contributed by atoms with Crippen LogP contribution in [0.3, 0.4) is 0 Å². The predicted octanol–water partition coefficient (Wildman–Crippen LogP) is 3.22. The van der Waals surface area contributed by atoms with E-state index in [9.17, 15) is 0 Å². The van der Waals surface area contributed by atoms with Gasteiger partial charge in [0.1, 0.15) is 0 Å². The third-order valence-corrected chi connectivity index (χ3v) is 2.82. The van der Waals surface area contributed by atoms with E-state index in [1.54, 1.807) is 0 Å². The first kappa shape index (κ1) is 15.0. The normalized spacial score (nSPS) is 10.8. The first-order valence-electron chi connectivity index (χ1n) is 7.13. The van der Waals surface area contributed by atoms with Crippen molar-refractivity contribution in [2.45, 2.75) is 53.0 Å². The van der Waals surface area contributed by atoms with Gasteiger partial charge in [-0.25, -0.2) is 4.98 Å². The van der Waals surface area contributed by atoms with Crippen molar-refractivity contribution in [3.63, 3.8) is 0 Å². The molecule has 0 aliphatic heterocycles. The van der Waals surface area contributed by atoms with Crippen LogP contribution in [0.1, 0.15) is 45.2 Å². The van der Waals surface area contributed by atoms with Crippen molar-refractivity contribution < 1.29 is 4.74 Å². The zero-order chi connectivity index (χ0) is 13.2. The number of aromatic nitrogens is 2. The lowest BCUT2D eigenvalue weighted by atomic mass is 10.3. The van der Waals surface area contributed by atoms with E-state index >= 15 is 0 Å². The van der Waals surface area contributed by atoms with E-state index in [0.717, 1.165) is 44.4 Å². The molecule has 4 nitrogen and oxygen atoms in total. The number of hydrogen-bond acceptors (Lipinski definition) is 3. The molecule has 1 N–H and O–H groups in total. The van der Waals surface area contributed by atoms with E-state index in [-0.39, 0.29) is 0 Å². The maximum absolute atomic E-state index is 5.52. The number of unbranched alkanes of at least 4 members (excludes halogenated alkanes) is 2. The van der Waals surface area contributed by atoms with Crippen LogP contribution in [0.25, 0.3) is 0 Å². The summed E-state index contributed by atoms with van der Waals surface area (Å²) >= 11 is 0. The van der Waals surface area contributed by atoms with Crippen LogP contribution in [-0.4, -0.2) is 29.3 Å². The van der Waals surface area contributed by atoms with E-state index in [2.05, 4.69) is 34.9 Å². The molecule has 18 heavy (non-hydrogen) atoms. The molecule has 0 amide bonds. The van der Waals surface area contributed by atoms with Crippen LogP contribution >= 0.6 is 0 Å². The Morgan fingerprint density at radius 3 is 2.72 bits per heavy atom. The summed E-state index contributed by atoms with van der Waals surface area (Å²) in [5, 5.41) is 3.35. The van der Waals surface area contributed by atoms with Crippen molar-refractivity contribution >= 4 is 5.95 Å². The van der Waals surface area contributed by atoms with Gasteiger partial charge in [0.05, 0.1) is 12.3 Å². The molecule has 0 fully saturated rings. The van der Waals surface area contributed by atoms with Crippen LogP contribution in [0.15, 0.2) is 6.20 Å². The molecule has 0 saturated heterocycles. The molecule has 0 atom stereocenters. The zero-order valence-corrected chi connectivity index (χ0v) is 12.0. The average molecular weight is 253 g/mol. The van der Waals surface area contributed by atoms with Crippen LogP contribution in [0.2, 0.25) is 0 Å². The maximum atomic E-state index is 5.52. The second kappa shape index (κ2) is 8.97. The Morgan fingerprint density at radius 1 is 1.22 bits per heavy atom. The first-order valence-corrected chi connectivity index (χ1v) is 7.13. The van der Waals surface area contributed by atoms with Crippen molar-refractivity contribution in [1.82, 2.24) is 9.55 Å². The zero-order valence-electron chi connectivity index (χ0n) is 12.0. The molecule has 0 radical (unpaired) electrons. The third kappa shape index (κ3) is 5.54. The fraction of sp³-hybridized carbons (Fsp3) is 0.786. The van der Waals surface area contributed by atoms with E-state index in [1.807, 2.05) is 6.92 Å². The Bertz CT molecular complexity index is 323. The molecule has 0 aliphatic rings. The summed E-state index contributed by atoms with van der Waals surface area (Å²) in [5.41, 5.74) is 1.07. The number of aryl methyl sites for hydroxylation is 2. The summed E-state index contributed by atoms with van der Waals surface area (Å²) < 4.78 is 7.72. The second-order valence-electron chi connectivity index (χ2n) is 4.65. The highest BCUT2D eigenvalue weighted by atomic mass is 16.5. The summed E-state index contributed by atoms with van der Waals surface area (Å²) in [6, 6.07) is 0. The summed E-state index contributed by atoms with van der Waals surface area (Å²) in [5.74, 6) is 0.972. The fourth-order valence-corrected chi connectivity index (χ4v) is 1.77. The topological polar surface area (TPSA) is 39.1 Å². The van der Waals surface area contributed by atoms with E-state index in [4.69, 9.17) is 4.74 Å². The Hall–Kier alpha value is -1.03. The highest BCUT2D eigenvalue weighted by Crippen LogP contribution is 2.09. The number of rotatable bonds is 10. The van der Waals surface area contributed by atoms with Gasteiger partial charge in [-0.05, 0) is 19.8 Å². The minimum Gasteiger partial charge on any atom is -0.380 e. The minimum absolute atomic E-state index is 0.750. The number of nitrogens with one attached hydrogen (secondary N) is 1. The molecule has 1 rings (SSSR count). The van der Waals surface area contributed by atoms with Gasteiger partial charge in [0.25, 0.3) is 0 Å². The van der Waals surface area contributed by atoms with Gasteiger partial charge in [-0.15, -0.1) is 0 Å². The summed E-state index contributed by atoms with van der Waals surface area (Å²) in [4.78, 5) is 4.49. The Kier molecular flexibility index (Phi) is 7.49. The maximum Gasteiger partial charge on any atom is 0.203 e. The number of anilines is 1. The van der Waals surface area contributed by atoms with Gasteiger partial charge >= 0.3 is 0 Å². The average Bonchev–Trinajstić information content (AvgIpc) is 2.71. The van der Waals surface area contributed by atoms with Gasteiger partial charge in [0.2, 0.25) is 5.95 Å². The van der Waals surface area contributed by atoms with Crippen molar-refractivity contribution in [2.75, 3.05) is 25.1 Å². The Labute approximate surface area is 111 Å². The monoisotopic (exact) mass is 253 g/mol. The van der Waals surface area contributed by atoms with Gasteiger partial charge in [-0.1, -0.05) is 26.7 Å². The van der Waals surface area contributed by atoms with Crippen molar-refractivity contribution in [1.29, 1.82) is 0 Å². The number of hydrogen-bond donors (Lipinski definition) is 1. The summed E-state index contributed by atoms with van der Waals surface area (Å²) in [6.45, 7) is 9.89. The smallest absolute Gasteiger partial charge is 0.203 e. The van der Waals surface area contributed by atoms with Crippen LogP contribution in [0.5, 0.6) is 0 Å². The van der Waals surface area contributed by atoms with Crippen molar-refractivity contribution in [2.24, 2.45) is 0 Å². The molecular weight excluding hydrogens is 226 g/mol. The number of imidazole rings is 1. The Morgan fingerprint density at radius 2 is 2.00 bits per heavy atom. The summed E-state index contributed by atoms with van der Waals surface area (Å²) in [7, 11) is 0. The SMILES string of the molecule is CCCCOCCNc1nc(C)cn1CCCC. The highest BCUT2D eigenvalue weighted by Gasteiger charge is 2.03. The van der Waals surface area contributed by atoms with Crippen LogP contribution in [0, 0.1) is 6.92 Å². The van der Waals surface area contributed by atoms with Gasteiger partial charge in [0.15, 0.2) is 0 Å². The predicted molar refractivity (Wildman–Crippen MR) is 76.1 cm³/mol. The highest BCUT2D eigenvalue weighted by molar-refractivity contribution is 5.28. The largest absolute Gasteiger partial charge is 0.380 e. The lowest BCUT2D eigenvalue weighted by molar-refractivity contribution is 0.141. The van der Waals surface area contributed by atoms with E-state index < -0.39 is 0 Å². The molecule has 0 unspecified atom stereocenters. The van der Waals surface area contributed by atoms with Crippen LogP contribution < -0.4 is 5.32 Å². The molecule has 0 bridgehead atoms. The third-order valence-electron chi connectivity index (χ3n) is 2.82. The molecule has 1 heterocycles. The standard InChI is InChI=1S/C14H27N3O/c1-4-6-9-17-12-13(3)16-14(17)15-8-11-18-10-7-5-2/h12H,4-11H2,1-3H3,(H,15,16). The fourth-order valence-electron chi connectivity index (χ4n) is 1.77. The van der Waals surface area contributed by atoms with Gasteiger partial charge in [-0.2, -0.15) is 0 Å². The number of ether oxygens (including phenoxy) is 1. The summed E-state index contributed by atoms with van der Waals surface area (Å²) in [6.07, 6.45) is 6.84. The number of nitrogens with zero attached hydrogens (tertiary/aromatic N) is 2. The molecule has 0 aliphatic carbocycles. The lowest BCUT2D eigenvalue weighted by Crippen LogP contribution is -2.13. The molecular formula is C14H27N3O. The lowest BCUT2D eigenvalue weighted by Gasteiger charge is -2.09. The molecule has 104 valence electrons. The van der Waals surface area contributed by atoms with Crippen molar-refractivity contribution in [3.8, 4) is 0 Å². The molecule has 1 aromatic heterocycles. The molecule has 0 spiro atoms. The molecule has 0 aromatic carbocycles. The quantitative estimate of drug-likeness (QED) is 0.651. The molecule has 4 heteroatoms. The second-order valence-corrected chi connectivity index (χ2v) is 4.65.